The Labute approximate surface area is 116 Å². The average molecular weight is 299 g/mol. The van der Waals surface area contributed by atoms with E-state index < -0.39 is 29.0 Å². The second-order valence-electron chi connectivity index (χ2n) is 4.06. The summed E-state index contributed by atoms with van der Waals surface area (Å²) in [5.74, 6) is -2.76. The lowest BCUT2D eigenvalue weighted by Gasteiger charge is -2.11. The summed E-state index contributed by atoms with van der Waals surface area (Å²) >= 11 is 0. The first-order valence-corrected chi connectivity index (χ1v) is 5.68. The van der Waals surface area contributed by atoms with E-state index in [0.29, 0.717) is 6.07 Å². The lowest BCUT2D eigenvalue weighted by atomic mass is 10.1. The van der Waals surface area contributed by atoms with Gasteiger partial charge in [0.25, 0.3) is 5.91 Å². The van der Waals surface area contributed by atoms with Crippen molar-refractivity contribution >= 4 is 17.4 Å². The quantitative estimate of drug-likeness (QED) is 0.837. The van der Waals surface area contributed by atoms with Crippen molar-refractivity contribution in [2.45, 2.75) is 6.18 Å². The van der Waals surface area contributed by atoms with E-state index >= 15 is 0 Å². The second-order valence-corrected chi connectivity index (χ2v) is 4.06. The number of hydrogen-bond acceptors (Lipinski definition) is 3. The molecule has 2 rings (SSSR count). The maximum Gasteiger partial charge on any atom is 0.419 e. The van der Waals surface area contributed by atoms with E-state index in [1.54, 1.807) is 0 Å². The molecule has 1 aromatic carbocycles. The van der Waals surface area contributed by atoms with Crippen LogP contribution in [0.15, 0.2) is 36.5 Å². The zero-order valence-electron chi connectivity index (χ0n) is 10.4. The number of nitrogens with zero attached hydrogens (tertiary/aromatic N) is 1. The maximum atomic E-state index is 13.8. The highest BCUT2D eigenvalue weighted by molar-refractivity contribution is 6.05. The van der Waals surface area contributed by atoms with E-state index in [1.807, 2.05) is 0 Å². The zero-order valence-corrected chi connectivity index (χ0v) is 10.4. The molecule has 2 aromatic rings. The van der Waals surface area contributed by atoms with Crippen molar-refractivity contribution in [3.8, 4) is 0 Å². The number of pyridine rings is 1. The fourth-order valence-electron chi connectivity index (χ4n) is 1.62. The summed E-state index contributed by atoms with van der Waals surface area (Å²) in [6.07, 6.45) is -3.56. The fourth-order valence-corrected chi connectivity index (χ4v) is 1.62. The molecule has 4 nitrogen and oxygen atoms in total. The van der Waals surface area contributed by atoms with Crippen molar-refractivity contribution in [1.82, 2.24) is 4.98 Å². The summed E-state index contributed by atoms with van der Waals surface area (Å²) < 4.78 is 51.5. The summed E-state index contributed by atoms with van der Waals surface area (Å²) in [5.41, 5.74) is 3.39. The van der Waals surface area contributed by atoms with Crippen LogP contribution >= 0.6 is 0 Å². The van der Waals surface area contributed by atoms with Gasteiger partial charge in [0.15, 0.2) is 5.82 Å². The number of rotatable bonds is 2. The van der Waals surface area contributed by atoms with Crippen molar-refractivity contribution in [3.63, 3.8) is 0 Å². The van der Waals surface area contributed by atoms with Crippen LogP contribution in [0.4, 0.5) is 29.1 Å². The van der Waals surface area contributed by atoms with Crippen LogP contribution in [0, 0.1) is 5.82 Å². The monoisotopic (exact) mass is 299 g/mol. The molecule has 0 aliphatic rings. The third-order valence-electron chi connectivity index (χ3n) is 2.62. The number of benzene rings is 1. The number of anilines is 2. The Morgan fingerprint density at radius 1 is 1.19 bits per heavy atom. The lowest BCUT2D eigenvalue weighted by Crippen LogP contribution is -2.18. The summed E-state index contributed by atoms with van der Waals surface area (Å²) in [6.45, 7) is 0. The minimum absolute atomic E-state index is 0.0562. The number of halogens is 4. The van der Waals surface area contributed by atoms with Gasteiger partial charge in [-0.25, -0.2) is 9.37 Å². The highest BCUT2D eigenvalue weighted by Gasteiger charge is 2.35. The first-order valence-electron chi connectivity index (χ1n) is 5.68. The van der Waals surface area contributed by atoms with Gasteiger partial charge in [0.1, 0.15) is 5.82 Å². The molecule has 0 bridgehead atoms. The molecule has 0 radical (unpaired) electrons. The minimum atomic E-state index is -4.88. The normalized spacial score (nSPS) is 11.2. The van der Waals surface area contributed by atoms with Crippen molar-refractivity contribution in [2.24, 2.45) is 0 Å². The fraction of sp³-hybridized carbons (Fsp3) is 0.0769. The zero-order chi connectivity index (χ0) is 15.6. The van der Waals surface area contributed by atoms with E-state index in [0.717, 1.165) is 12.1 Å². The second kappa shape index (κ2) is 5.39. The summed E-state index contributed by atoms with van der Waals surface area (Å²) in [5, 5.41) is 2.16. The maximum absolute atomic E-state index is 13.8. The van der Waals surface area contributed by atoms with Crippen molar-refractivity contribution in [2.75, 3.05) is 11.1 Å². The highest BCUT2D eigenvalue weighted by Crippen LogP contribution is 2.32. The number of nitrogen functional groups attached to an aromatic ring is 1. The van der Waals surface area contributed by atoms with Crippen LogP contribution in [-0.2, 0) is 6.18 Å². The first kappa shape index (κ1) is 14.8. The molecule has 0 spiro atoms. The molecule has 21 heavy (non-hydrogen) atoms. The van der Waals surface area contributed by atoms with E-state index in [4.69, 9.17) is 5.73 Å². The van der Waals surface area contributed by atoms with Crippen LogP contribution in [0.3, 0.4) is 0 Å². The number of hydrogen-bond donors (Lipinski definition) is 2. The van der Waals surface area contributed by atoms with Crippen LogP contribution in [0.5, 0.6) is 0 Å². The van der Waals surface area contributed by atoms with Gasteiger partial charge in [-0.15, -0.1) is 0 Å². The van der Waals surface area contributed by atoms with E-state index in [1.165, 1.54) is 18.3 Å². The van der Waals surface area contributed by atoms with Crippen LogP contribution in [-0.4, -0.2) is 10.9 Å². The third-order valence-corrected chi connectivity index (χ3v) is 2.62. The Morgan fingerprint density at radius 3 is 2.52 bits per heavy atom. The molecule has 0 saturated carbocycles. The Kier molecular flexibility index (Phi) is 3.79. The van der Waals surface area contributed by atoms with Gasteiger partial charge in [-0.3, -0.25) is 4.79 Å². The molecule has 1 amide bonds. The predicted octanol–water partition coefficient (Wildman–Crippen LogP) is 3.07. The van der Waals surface area contributed by atoms with Crippen LogP contribution in [0.25, 0.3) is 0 Å². The molecule has 0 aliphatic carbocycles. The SMILES string of the molecule is Nc1cccnc1NC(=O)c1cccc(C(F)(F)F)c1F. The Bertz CT molecular complexity index is 685. The molecule has 0 unspecified atom stereocenters. The Balaban J connectivity index is 2.35. The number of nitrogens with two attached hydrogens (primary N) is 1. The standard InChI is InChI=1S/C13H9F4N3O/c14-10-7(3-1-4-8(10)13(15,16)17)12(21)20-11-9(18)5-2-6-19-11/h1-6H,18H2,(H,19,20,21). The number of nitrogens with one attached hydrogen (secondary N) is 1. The van der Waals surface area contributed by atoms with Gasteiger partial charge in [-0.1, -0.05) is 6.07 Å². The number of amides is 1. The van der Waals surface area contributed by atoms with Gasteiger partial charge in [0, 0.05) is 6.20 Å². The van der Waals surface area contributed by atoms with E-state index in [9.17, 15) is 22.4 Å². The predicted molar refractivity (Wildman–Crippen MR) is 68.0 cm³/mol. The topological polar surface area (TPSA) is 68.0 Å². The van der Waals surface area contributed by atoms with Gasteiger partial charge < -0.3 is 11.1 Å². The molecule has 1 heterocycles. The van der Waals surface area contributed by atoms with E-state index in [2.05, 4.69) is 10.3 Å². The van der Waals surface area contributed by atoms with Crippen LogP contribution in [0.1, 0.15) is 15.9 Å². The molecule has 0 saturated heterocycles. The Hall–Kier alpha value is -2.64. The molecule has 0 fully saturated rings. The first-order chi connectivity index (χ1) is 9.80. The number of carbonyl (C=O) groups is 1. The van der Waals surface area contributed by atoms with Gasteiger partial charge in [0.05, 0.1) is 16.8 Å². The molecular formula is C13H9F4N3O. The summed E-state index contributed by atoms with van der Waals surface area (Å²) in [6, 6.07) is 5.39. The van der Waals surface area contributed by atoms with Crippen molar-refractivity contribution < 1.29 is 22.4 Å². The molecule has 0 atom stereocenters. The number of aromatic nitrogens is 1. The smallest absolute Gasteiger partial charge is 0.396 e. The van der Waals surface area contributed by atoms with Gasteiger partial charge in [-0.2, -0.15) is 13.2 Å². The number of carbonyl (C=O) groups excluding carboxylic acids is 1. The minimum Gasteiger partial charge on any atom is -0.396 e. The summed E-state index contributed by atoms with van der Waals surface area (Å²) in [4.78, 5) is 15.6. The van der Waals surface area contributed by atoms with Crippen LogP contribution < -0.4 is 11.1 Å². The van der Waals surface area contributed by atoms with Gasteiger partial charge >= 0.3 is 6.18 Å². The molecule has 110 valence electrons. The third kappa shape index (κ3) is 3.10. The highest BCUT2D eigenvalue weighted by atomic mass is 19.4. The van der Waals surface area contributed by atoms with Gasteiger partial charge in [0.2, 0.25) is 0 Å². The van der Waals surface area contributed by atoms with Crippen LogP contribution in [0.2, 0.25) is 0 Å². The van der Waals surface area contributed by atoms with Crippen molar-refractivity contribution in [3.05, 3.63) is 53.5 Å². The molecule has 3 N–H and O–H groups in total. The summed E-state index contributed by atoms with van der Waals surface area (Å²) in [7, 11) is 0. The molecule has 8 heteroatoms. The van der Waals surface area contributed by atoms with Gasteiger partial charge in [-0.05, 0) is 24.3 Å². The molecular weight excluding hydrogens is 290 g/mol. The lowest BCUT2D eigenvalue weighted by molar-refractivity contribution is -0.140. The number of alkyl halides is 3. The Morgan fingerprint density at radius 2 is 1.90 bits per heavy atom. The molecule has 1 aromatic heterocycles. The average Bonchev–Trinajstić information content (AvgIpc) is 2.40. The largest absolute Gasteiger partial charge is 0.419 e. The van der Waals surface area contributed by atoms with Crippen molar-refractivity contribution in [1.29, 1.82) is 0 Å². The molecule has 0 aliphatic heterocycles. The van der Waals surface area contributed by atoms with E-state index in [-0.39, 0.29) is 11.5 Å².